The number of nitrogens with zero attached hydrogens (tertiary/aromatic N) is 1. The number of hydrogen-bond donors (Lipinski definition) is 1. The highest BCUT2D eigenvalue weighted by Crippen LogP contribution is 2.21. The van der Waals surface area contributed by atoms with Crippen LogP contribution in [0, 0.1) is 5.92 Å². The molecule has 5 nitrogen and oxygen atoms in total. The Balaban J connectivity index is 1.89. The van der Waals surface area contributed by atoms with E-state index in [1.54, 1.807) is 0 Å². The second kappa shape index (κ2) is 5.57. The van der Waals surface area contributed by atoms with Crippen LogP contribution in [-0.2, 0) is 14.8 Å². The number of nitrogens with one attached hydrogen (secondary N) is 1. The molecule has 0 radical (unpaired) electrons. The molecular formula is C12H22N2O3S. The molecule has 0 spiro atoms. The average Bonchev–Trinajstić information content (AvgIpc) is 2.81. The molecule has 1 N–H and O–H groups in total. The van der Waals surface area contributed by atoms with Gasteiger partial charge in [-0.3, -0.25) is 4.79 Å². The monoisotopic (exact) mass is 274 g/mol. The van der Waals surface area contributed by atoms with Crippen molar-refractivity contribution in [2.45, 2.75) is 44.6 Å². The summed E-state index contributed by atoms with van der Waals surface area (Å²) >= 11 is 0. The maximum atomic E-state index is 12.1. The van der Waals surface area contributed by atoms with Gasteiger partial charge in [0.05, 0.1) is 12.2 Å². The van der Waals surface area contributed by atoms with Crippen LogP contribution in [0.25, 0.3) is 0 Å². The van der Waals surface area contributed by atoms with Crippen molar-refractivity contribution < 1.29 is 13.2 Å². The van der Waals surface area contributed by atoms with E-state index in [0.717, 1.165) is 25.7 Å². The van der Waals surface area contributed by atoms with Crippen molar-refractivity contribution in [3.05, 3.63) is 0 Å². The summed E-state index contributed by atoms with van der Waals surface area (Å²) in [7, 11) is -3.17. The molecule has 2 fully saturated rings. The van der Waals surface area contributed by atoms with Gasteiger partial charge in [0.25, 0.3) is 0 Å². The Morgan fingerprint density at radius 2 is 1.83 bits per heavy atom. The van der Waals surface area contributed by atoms with Crippen LogP contribution in [-0.4, -0.2) is 44.0 Å². The largest absolute Gasteiger partial charge is 0.353 e. The first-order valence-corrected chi connectivity index (χ1v) is 8.57. The zero-order valence-corrected chi connectivity index (χ0v) is 11.7. The van der Waals surface area contributed by atoms with Crippen LogP contribution in [0.15, 0.2) is 0 Å². The lowest BCUT2D eigenvalue weighted by atomic mass is 9.98. The third kappa shape index (κ3) is 3.45. The van der Waals surface area contributed by atoms with E-state index in [1.165, 1.54) is 23.4 Å². The van der Waals surface area contributed by atoms with Gasteiger partial charge in [0.1, 0.15) is 0 Å². The molecule has 1 saturated carbocycles. The van der Waals surface area contributed by atoms with E-state index in [2.05, 4.69) is 5.32 Å². The van der Waals surface area contributed by atoms with Crippen molar-refractivity contribution in [1.29, 1.82) is 0 Å². The third-order valence-electron chi connectivity index (χ3n) is 3.93. The third-order valence-corrected chi connectivity index (χ3v) is 5.20. The molecule has 0 aromatic rings. The van der Waals surface area contributed by atoms with E-state index < -0.39 is 10.0 Å². The second-order valence-electron chi connectivity index (χ2n) is 5.45. The molecule has 1 heterocycles. The quantitative estimate of drug-likeness (QED) is 0.824. The molecule has 6 heteroatoms. The molecule has 0 bridgehead atoms. The van der Waals surface area contributed by atoms with Gasteiger partial charge in [-0.05, 0) is 25.7 Å². The van der Waals surface area contributed by atoms with Crippen molar-refractivity contribution in [3.63, 3.8) is 0 Å². The van der Waals surface area contributed by atoms with Gasteiger partial charge in [-0.15, -0.1) is 0 Å². The molecule has 0 aromatic carbocycles. The molecule has 104 valence electrons. The molecule has 1 aliphatic carbocycles. The van der Waals surface area contributed by atoms with Crippen LogP contribution in [0.4, 0.5) is 0 Å². The standard InChI is InChI=1S/C12H22N2O3S/c1-18(16,17)14-8-4-5-10(9-14)12(15)13-11-6-2-3-7-11/h10-11H,2-9H2,1H3,(H,13,15)/t10-/m0/s1. The molecule has 0 unspecified atom stereocenters. The van der Waals surface area contributed by atoms with E-state index in [0.29, 0.717) is 19.1 Å². The molecule has 2 aliphatic rings. The summed E-state index contributed by atoms with van der Waals surface area (Å²) in [5.74, 6) is -0.135. The Bertz CT molecular complexity index is 402. The summed E-state index contributed by atoms with van der Waals surface area (Å²) in [5.41, 5.74) is 0. The van der Waals surface area contributed by atoms with Gasteiger partial charge < -0.3 is 5.32 Å². The summed E-state index contributed by atoms with van der Waals surface area (Å²) in [6.45, 7) is 0.892. The van der Waals surface area contributed by atoms with Crippen molar-refractivity contribution >= 4 is 15.9 Å². The first-order valence-electron chi connectivity index (χ1n) is 6.72. The van der Waals surface area contributed by atoms with Crippen molar-refractivity contribution in [2.75, 3.05) is 19.3 Å². The van der Waals surface area contributed by atoms with Crippen LogP contribution in [0.5, 0.6) is 0 Å². The maximum absolute atomic E-state index is 12.1. The van der Waals surface area contributed by atoms with Crippen LogP contribution in [0.2, 0.25) is 0 Å². The minimum absolute atomic E-state index is 0.0373. The number of piperidine rings is 1. The van der Waals surface area contributed by atoms with Gasteiger partial charge in [-0.25, -0.2) is 12.7 Å². The fraction of sp³-hybridized carbons (Fsp3) is 0.917. The number of sulfonamides is 1. The summed E-state index contributed by atoms with van der Waals surface area (Å²) in [5, 5.41) is 3.06. The topological polar surface area (TPSA) is 66.5 Å². The van der Waals surface area contributed by atoms with E-state index in [-0.39, 0.29) is 11.8 Å². The number of rotatable bonds is 3. The van der Waals surface area contributed by atoms with Crippen molar-refractivity contribution in [3.8, 4) is 0 Å². The first-order chi connectivity index (χ1) is 8.47. The van der Waals surface area contributed by atoms with E-state index in [1.807, 2.05) is 0 Å². The van der Waals surface area contributed by atoms with E-state index in [4.69, 9.17) is 0 Å². The number of hydrogen-bond acceptors (Lipinski definition) is 3. The zero-order chi connectivity index (χ0) is 13.2. The SMILES string of the molecule is CS(=O)(=O)N1CCC[C@H](C(=O)NC2CCCC2)C1. The molecule has 1 aliphatic heterocycles. The maximum Gasteiger partial charge on any atom is 0.224 e. The van der Waals surface area contributed by atoms with Gasteiger partial charge >= 0.3 is 0 Å². The van der Waals surface area contributed by atoms with Crippen LogP contribution < -0.4 is 5.32 Å². The Morgan fingerprint density at radius 3 is 2.44 bits per heavy atom. The lowest BCUT2D eigenvalue weighted by Gasteiger charge is -2.30. The number of amides is 1. The second-order valence-corrected chi connectivity index (χ2v) is 7.43. The highest BCUT2D eigenvalue weighted by molar-refractivity contribution is 7.88. The van der Waals surface area contributed by atoms with Crippen molar-refractivity contribution in [2.24, 2.45) is 5.92 Å². The van der Waals surface area contributed by atoms with E-state index in [9.17, 15) is 13.2 Å². The Hall–Kier alpha value is -0.620. The van der Waals surface area contributed by atoms with Gasteiger partial charge in [-0.1, -0.05) is 12.8 Å². The van der Waals surface area contributed by atoms with Gasteiger partial charge in [0.2, 0.25) is 15.9 Å². The number of carbonyl (C=O) groups is 1. The summed E-state index contributed by atoms with van der Waals surface area (Å²) in [4.78, 5) is 12.1. The highest BCUT2D eigenvalue weighted by atomic mass is 32.2. The first kappa shape index (κ1) is 13.8. The van der Waals surface area contributed by atoms with Crippen LogP contribution in [0.3, 0.4) is 0 Å². The Labute approximate surface area is 109 Å². The lowest BCUT2D eigenvalue weighted by molar-refractivity contribution is -0.126. The molecule has 0 aromatic heterocycles. The summed E-state index contributed by atoms with van der Waals surface area (Å²) < 4.78 is 24.4. The predicted molar refractivity (Wildman–Crippen MR) is 69.5 cm³/mol. The lowest BCUT2D eigenvalue weighted by Crippen LogP contribution is -2.46. The van der Waals surface area contributed by atoms with Gasteiger partial charge in [-0.2, -0.15) is 0 Å². The average molecular weight is 274 g/mol. The molecule has 1 saturated heterocycles. The zero-order valence-electron chi connectivity index (χ0n) is 10.9. The normalized spacial score (nSPS) is 27.3. The molecule has 2 rings (SSSR count). The number of carbonyl (C=O) groups excluding carboxylic acids is 1. The van der Waals surface area contributed by atoms with Gasteiger partial charge in [0, 0.05) is 19.1 Å². The van der Waals surface area contributed by atoms with E-state index >= 15 is 0 Å². The summed E-state index contributed by atoms with van der Waals surface area (Å²) in [6.07, 6.45) is 7.28. The van der Waals surface area contributed by atoms with Crippen LogP contribution >= 0.6 is 0 Å². The fourth-order valence-corrected chi connectivity index (χ4v) is 3.76. The fourth-order valence-electron chi connectivity index (χ4n) is 2.85. The molecule has 1 amide bonds. The Morgan fingerprint density at radius 1 is 1.17 bits per heavy atom. The smallest absolute Gasteiger partial charge is 0.224 e. The minimum atomic E-state index is -3.17. The molecular weight excluding hydrogens is 252 g/mol. The molecule has 1 atom stereocenters. The highest BCUT2D eigenvalue weighted by Gasteiger charge is 2.31. The van der Waals surface area contributed by atoms with Gasteiger partial charge in [0.15, 0.2) is 0 Å². The summed E-state index contributed by atoms with van der Waals surface area (Å²) in [6, 6.07) is 0.311. The minimum Gasteiger partial charge on any atom is -0.353 e. The predicted octanol–water partition coefficient (Wildman–Crippen LogP) is 0.717. The van der Waals surface area contributed by atoms with Crippen molar-refractivity contribution in [1.82, 2.24) is 9.62 Å². The molecule has 18 heavy (non-hydrogen) atoms. The van der Waals surface area contributed by atoms with Crippen LogP contribution in [0.1, 0.15) is 38.5 Å². The Kier molecular flexibility index (Phi) is 4.27.